The van der Waals surface area contributed by atoms with Crippen LogP contribution in [-0.4, -0.2) is 30.8 Å². The Bertz CT molecular complexity index is 1040. The lowest BCUT2D eigenvalue weighted by atomic mass is 10.1. The third-order valence-corrected chi connectivity index (χ3v) is 7.29. The zero-order valence-electron chi connectivity index (χ0n) is 13.3. The first-order valence-electron chi connectivity index (χ1n) is 7.87. The van der Waals surface area contributed by atoms with Crippen LogP contribution in [0.25, 0.3) is 10.2 Å². The normalized spacial score (nSPS) is 15.8. The van der Waals surface area contributed by atoms with E-state index < -0.39 is 10.0 Å². The summed E-state index contributed by atoms with van der Waals surface area (Å²) in [6.45, 7) is 0.945. The molecule has 0 aliphatic carbocycles. The lowest BCUT2D eigenvalue weighted by Crippen LogP contribution is -2.48. The third kappa shape index (κ3) is 3.16. The van der Waals surface area contributed by atoms with Crippen LogP contribution < -0.4 is 0 Å². The van der Waals surface area contributed by atoms with Crippen molar-refractivity contribution in [2.45, 2.75) is 11.7 Å². The van der Waals surface area contributed by atoms with E-state index in [1.165, 1.54) is 4.31 Å². The Hall–Kier alpha value is -2.27. The number of rotatable bonds is 4. The molecule has 0 unspecified atom stereocenters. The minimum Gasteiger partial charge on any atom is -0.241 e. The first kappa shape index (κ1) is 16.2. The van der Waals surface area contributed by atoms with Gasteiger partial charge in [-0.2, -0.15) is 5.26 Å². The molecule has 126 valence electrons. The van der Waals surface area contributed by atoms with E-state index in [-0.39, 0.29) is 11.7 Å². The second-order valence-corrected chi connectivity index (χ2v) is 9.13. The Labute approximate surface area is 150 Å². The maximum atomic E-state index is 12.6. The van der Waals surface area contributed by atoms with Crippen LogP contribution in [0.15, 0.2) is 48.5 Å². The molecule has 2 aromatic carbocycles. The van der Waals surface area contributed by atoms with Crippen LogP contribution in [0, 0.1) is 11.3 Å². The standard InChI is InChI=1S/C18H15N3O2S2/c19-9-13-4-3-5-14(8-13)12-25(22,23)21-10-15(11-21)18-20-16-6-1-2-7-17(16)24-18/h1-8,15H,10-12H2. The number of sulfonamides is 1. The molecule has 0 atom stereocenters. The van der Waals surface area contributed by atoms with Crippen LogP contribution in [-0.2, 0) is 15.8 Å². The van der Waals surface area contributed by atoms with Gasteiger partial charge in [0.15, 0.2) is 0 Å². The van der Waals surface area contributed by atoms with Gasteiger partial charge in [0.2, 0.25) is 10.0 Å². The van der Waals surface area contributed by atoms with E-state index in [1.807, 2.05) is 30.3 Å². The zero-order valence-corrected chi connectivity index (χ0v) is 14.9. The molecular formula is C18H15N3O2S2. The molecule has 0 saturated carbocycles. The molecule has 7 heteroatoms. The van der Waals surface area contributed by atoms with Crippen molar-refractivity contribution in [1.82, 2.24) is 9.29 Å². The summed E-state index contributed by atoms with van der Waals surface area (Å²) in [5.41, 5.74) is 2.09. The van der Waals surface area contributed by atoms with Crippen molar-refractivity contribution in [3.63, 3.8) is 0 Å². The van der Waals surface area contributed by atoms with Gasteiger partial charge in [-0.05, 0) is 29.8 Å². The molecule has 0 amide bonds. The van der Waals surface area contributed by atoms with Crippen molar-refractivity contribution >= 4 is 31.6 Å². The summed E-state index contributed by atoms with van der Waals surface area (Å²) < 4.78 is 27.7. The molecule has 2 heterocycles. The Morgan fingerprint density at radius 2 is 2.00 bits per heavy atom. The summed E-state index contributed by atoms with van der Waals surface area (Å²) in [4.78, 5) is 4.62. The smallest absolute Gasteiger partial charge is 0.218 e. The van der Waals surface area contributed by atoms with Crippen molar-refractivity contribution in [2.24, 2.45) is 0 Å². The summed E-state index contributed by atoms with van der Waals surface area (Å²) in [6.07, 6.45) is 0. The Morgan fingerprint density at radius 3 is 2.76 bits per heavy atom. The number of benzene rings is 2. The molecule has 5 nitrogen and oxygen atoms in total. The van der Waals surface area contributed by atoms with Gasteiger partial charge in [0, 0.05) is 19.0 Å². The highest BCUT2D eigenvalue weighted by molar-refractivity contribution is 7.88. The average Bonchev–Trinajstić information content (AvgIpc) is 2.96. The predicted molar refractivity (Wildman–Crippen MR) is 97.7 cm³/mol. The van der Waals surface area contributed by atoms with Crippen molar-refractivity contribution in [3.8, 4) is 6.07 Å². The van der Waals surface area contributed by atoms with Gasteiger partial charge in [0.25, 0.3) is 0 Å². The van der Waals surface area contributed by atoms with Gasteiger partial charge in [-0.15, -0.1) is 11.3 Å². The number of thiazole rings is 1. The molecule has 1 aromatic heterocycles. The highest BCUT2D eigenvalue weighted by Crippen LogP contribution is 2.35. The molecule has 1 saturated heterocycles. The fraction of sp³-hybridized carbons (Fsp3) is 0.222. The quantitative estimate of drug-likeness (QED) is 0.708. The van der Waals surface area contributed by atoms with E-state index in [1.54, 1.807) is 35.6 Å². The van der Waals surface area contributed by atoms with Gasteiger partial charge >= 0.3 is 0 Å². The van der Waals surface area contributed by atoms with Crippen molar-refractivity contribution in [1.29, 1.82) is 5.26 Å². The molecule has 25 heavy (non-hydrogen) atoms. The fourth-order valence-corrected chi connectivity index (χ4v) is 5.57. The molecule has 4 rings (SSSR count). The van der Waals surface area contributed by atoms with Gasteiger partial charge in [0.05, 0.1) is 32.6 Å². The highest BCUT2D eigenvalue weighted by Gasteiger charge is 2.38. The Balaban J connectivity index is 1.46. The average molecular weight is 369 g/mol. The number of aromatic nitrogens is 1. The third-order valence-electron chi connectivity index (χ3n) is 4.31. The molecule has 0 radical (unpaired) electrons. The fourth-order valence-electron chi connectivity index (χ4n) is 2.92. The van der Waals surface area contributed by atoms with Crippen LogP contribution >= 0.6 is 11.3 Å². The van der Waals surface area contributed by atoms with Crippen molar-refractivity contribution in [3.05, 3.63) is 64.7 Å². The maximum absolute atomic E-state index is 12.6. The second-order valence-electron chi connectivity index (χ2n) is 6.10. The first-order chi connectivity index (χ1) is 12.0. The molecule has 1 fully saturated rings. The summed E-state index contributed by atoms with van der Waals surface area (Å²) in [5.74, 6) is 0.0901. The van der Waals surface area contributed by atoms with E-state index in [4.69, 9.17) is 5.26 Å². The van der Waals surface area contributed by atoms with E-state index >= 15 is 0 Å². The van der Waals surface area contributed by atoms with Crippen LogP contribution in [0.3, 0.4) is 0 Å². The number of nitrogens with zero attached hydrogens (tertiary/aromatic N) is 3. The van der Waals surface area contributed by atoms with Crippen LogP contribution in [0.2, 0.25) is 0 Å². The minimum atomic E-state index is -3.37. The summed E-state index contributed by atoms with van der Waals surface area (Å²) in [6, 6.07) is 16.7. The molecule has 1 aliphatic rings. The van der Waals surface area contributed by atoms with E-state index in [0.29, 0.717) is 24.2 Å². The topological polar surface area (TPSA) is 74.1 Å². The molecule has 1 aliphatic heterocycles. The lowest BCUT2D eigenvalue weighted by molar-refractivity contribution is 0.263. The predicted octanol–water partition coefficient (Wildman–Crippen LogP) is 3.10. The molecule has 0 spiro atoms. The van der Waals surface area contributed by atoms with Crippen molar-refractivity contribution < 1.29 is 8.42 Å². The monoisotopic (exact) mass is 369 g/mol. The minimum absolute atomic E-state index is 0.0743. The maximum Gasteiger partial charge on any atom is 0.218 e. The van der Waals surface area contributed by atoms with E-state index in [2.05, 4.69) is 4.98 Å². The number of hydrogen-bond donors (Lipinski definition) is 0. The van der Waals surface area contributed by atoms with Gasteiger partial charge in [0.1, 0.15) is 0 Å². The second kappa shape index (κ2) is 6.23. The van der Waals surface area contributed by atoms with E-state index in [9.17, 15) is 8.42 Å². The highest BCUT2D eigenvalue weighted by atomic mass is 32.2. The molecule has 3 aromatic rings. The van der Waals surface area contributed by atoms with Gasteiger partial charge in [-0.1, -0.05) is 24.3 Å². The Kier molecular flexibility index (Phi) is 4.04. The van der Waals surface area contributed by atoms with Crippen LogP contribution in [0.5, 0.6) is 0 Å². The number of fused-ring (bicyclic) bond motifs is 1. The summed E-state index contributed by atoms with van der Waals surface area (Å²) in [7, 11) is -3.37. The largest absolute Gasteiger partial charge is 0.241 e. The van der Waals surface area contributed by atoms with Gasteiger partial charge in [-0.3, -0.25) is 0 Å². The number of hydrogen-bond acceptors (Lipinski definition) is 5. The Morgan fingerprint density at radius 1 is 1.20 bits per heavy atom. The summed E-state index contributed by atoms with van der Waals surface area (Å²) in [5, 5.41) is 9.93. The van der Waals surface area contributed by atoms with Crippen LogP contribution in [0.4, 0.5) is 0 Å². The molecule has 0 N–H and O–H groups in total. The first-order valence-corrected chi connectivity index (χ1v) is 10.3. The molecule has 0 bridgehead atoms. The SMILES string of the molecule is N#Cc1cccc(CS(=O)(=O)N2CC(c3nc4ccccc4s3)C2)c1. The number of para-hydroxylation sites is 1. The van der Waals surface area contributed by atoms with Gasteiger partial charge in [-0.25, -0.2) is 17.7 Å². The van der Waals surface area contributed by atoms with Crippen molar-refractivity contribution in [2.75, 3.05) is 13.1 Å². The number of nitriles is 1. The lowest BCUT2D eigenvalue weighted by Gasteiger charge is -2.36. The van der Waals surface area contributed by atoms with E-state index in [0.717, 1.165) is 15.2 Å². The zero-order chi connectivity index (χ0) is 17.4. The van der Waals surface area contributed by atoms with Gasteiger partial charge < -0.3 is 0 Å². The summed E-state index contributed by atoms with van der Waals surface area (Å²) >= 11 is 1.63. The van der Waals surface area contributed by atoms with Crippen LogP contribution in [0.1, 0.15) is 22.1 Å². The molecular weight excluding hydrogens is 354 g/mol.